The van der Waals surface area contributed by atoms with E-state index in [0.29, 0.717) is 17.6 Å². The number of ether oxygens (including phenoxy) is 3. The quantitative estimate of drug-likeness (QED) is 0.0973. The average molecular weight is 709 g/mol. The van der Waals surface area contributed by atoms with Crippen LogP contribution >= 0.6 is 0 Å². The summed E-state index contributed by atoms with van der Waals surface area (Å²) in [6, 6.07) is 8.53. The minimum absolute atomic E-state index is 0.000405. The van der Waals surface area contributed by atoms with Crippen molar-refractivity contribution in [3.8, 4) is 0 Å². The van der Waals surface area contributed by atoms with Crippen LogP contribution in [0.15, 0.2) is 53.6 Å². The van der Waals surface area contributed by atoms with E-state index < -0.39 is 88.2 Å². The number of carbonyl (C=O) groups is 4. The summed E-state index contributed by atoms with van der Waals surface area (Å²) in [6.07, 6.45) is 4.92. The van der Waals surface area contributed by atoms with Gasteiger partial charge in [0.15, 0.2) is 17.5 Å². The molecule has 10 heteroatoms. The topological polar surface area (TPSA) is 157 Å². The molecule has 3 N–H and O–H groups in total. The van der Waals surface area contributed by atoms with E-state index in [-0.39, 0.29) is 30.9 Å². The predicted molar refractivity (Wildman–Crippen MR) is 189 cm³/mol. The number of hydrogen-bond donors (Lipinski definition) is 3. The molecule has 0 radical (unpaired) electrons. The summed E-state index contributed by atoms with van der Waals surface area (Å²) < 4.78 is 18.4. The summed E-state index contributed by atoms with van der Waals surface area (Å²) in [6.45, 7) is 12.0. The number of aliphatic hydroxyl groups is 3. The first-order valence-corrected chi connectivity index (χ1v) is 18.7. The van der Waals surface area contributed by atoms with Crippen molar-refractivity contribution >= 4 is 23.7 Å². The van der Waals surface area contributed by atoms with Crippen LogP contribution in [0.1, 0.15) is 104 Å². The molecule has 0 aromatic heterocycles. The van der Waals surface area contributed by atoms with Gasteiger partial charge in [0, 0.05) is 23.7 Å². The van der Waals surface area contributed by atoms with Crippen molar-refractivity contribution in [2.75, 3.05) is 13.2 Å². The predicted octanol–water partition coefficient (Wildman–Crippen LogP) is 5.52. The summed E-state index contributed by atoms with van der Waals surface area (Å²) >= 11 is 0. The summed E-state index contributed by atoms with van der Waals surface area (Å²) in [4.78, 5) is 55.4. The minimum Gasteiger partial charge on any atom is -0.461 e. The van der Waals surface area contributed by atoms with Crippen molar-refractivity contribution in [1.29, 1.82) is 0 Å². The van der Waals surface area contributed by atoms with Gasteiger partial charge < -0.3 is 29.5 Å². The fourth-order valence-electron chi connectivity index (χ4n) is 9.41. The molecule has 0 aliphatic heterocycles. The van der Waals surface area contributed by atoms with E-state index in [1.165, 1.54) is 6.08 Å². The van der Waals surface area contributed by atoms with Crippen LogP contribution < -0.4 is 0 Å². The number of hydrogen-bond acceptors (Lipinski definition) is 10. The van der Waals surface area contributed by atoms with Crippen LogP contribution in [-0.4, -0.2) is 75.6 Å². The molecule has 10 nitrogen and oxygen atoms in total. The van der Waals surface area contributed by atoms with Crippen LogP contribution in [0.2, 0.25) is 0 Å². The maximum absolute atomic E-state index is 15.2. The highest BCUT2D eigenvalue weighted by Crippen LogP contribution is 2.75. The highest BCUT2D eigenvalue weighted by Gasteiger charge is 2.85. The Hall–Kier alpha value is -3.34. The third-order valence-electron chi connectivity index (χ3n) is 12.7. The molecule has 2 saturated carbocycles. The van der Waals surface area contributed by atoms with Gasteiger partial charge in [-0.3, -0.25) is 14.4 Å². The summed E-state index contributed by atoms with van der Waals surface area (Å²) in [5, 5.41) is 35.5. The lowest BCUT2D eigenvalue weighted by molar-refractivity contribution is -0.207. The van der Waals surface area contributed by atoms with Crippen LogP contribution in [-0.2, 0) is 28.6 Å². The number of esters is 3. The van der Waals surface area contributed by atoms with Crippen molar-refractivity contribution in [3.63, 3.8) is 0 Å². The maximum Gasteiger partial charge on any atom is 0.338 e. The first-order valence-electron chi connectivity index (χ1n) is 18.7. The first-order chi connectivity index (χ1) is 24.1. The van der Waals surface area contributed by atoms with E-state index in [4.69, 9.17) is 14.2 Å². The number of benzene rings is 1. The Morgan fingerprint density at radius 1 is 1.04 bits per heavy atom. The number of carbonyl (C=O) groups excluding carboxylic acids is 4. The Morgan fingerprint density at radius 3 is 2.33 bits per heavy atom. The van der Waals surface area contributed by atoms with Crippen molar-refractivity contribution < 1.29 is 48.7 Å². The number of unbranched alkanes of at least 4 members (excludes halogenated alkanes) is 4. The largest absolute Gasteiger partial charge is 0.461 e. The summed E-state index contributed by atoms with van der Waals surface area (Å²) in [7, 11) is 0. The molecular formula is C41H56O10. The van der Waals surface area contributed by atoms with Crippen LogP contribution in [0, 0.1) is 40.4 Å². The Bertz CT molecular complexity index is 1560. The van der Waals surface area contributed by atoms with Crippen LogP contribution in [0.3, 0.4) is 0 Å². The second-order valence-electron chi connectivity index (χ2n) is 16.1. The molecule has 0 saturated heterocycles. The second-order valence-corrected chi connectivity index (χ2v) is 16.1. The standard InChI is InChI=1S/C41H56O10/c1-8-9-10-11-15-18-31(43)51-40-21-26(5)39-20-25(4)35(50-36(46)27(6)24(2)3)41(39,48)33(44)29(22-42)19-30(34(39)45)32(40)38(40,7)23-49-37(47)28-16-13-12-14-17-28/h12-14,16-17,19-20,24,26-27,30,32-33,35,42,44,48H,8-11,15,18,21-23H2,1-7H3/t26-,27?,30+,32-,33-,35+,38+,39+,40-,41+/m1/s1. The highest BCUT2D eigenvalue weighted by molar-refractivity contribution is 5.96. The van der Waals surface area contributed by atoms with Gasteiger partial charge in [0.1, 0.15) is 18.3 Å². The van der Waals surface area contributed by atoms with Gasteiger partial charge >= 0.3 is 17.9 Å². The molecule has 4 aliphatic carbocycles. The van der Waals surface area contributed by atoms with Crippen molar-refractivity contribution in [2.24, 2.45) is 40.4 Å². The van der Waals surface area contributed by atoms with Crippen molar-refractivity contribution in [1.82, 2.24) is 0 Å². The van der Waals surface area contributed by atoms with Gasteiger partial charge in [-0.1, -0.05) is 97.6 Å². The van der Waals surface area contributed by atoms with Crippen molar-refractivity contribution in [2.45, 2.75) is 117 Å². The number of aliphatic hydroxyl groups excluding tert-OH is 2. The number of Topliss-reactive ketones (excluding diaryl/α,β-unsaturated/α-hetero) is 1. The molecule has 51 heavy (non-hydrogen) atoms. The Balaban J connectivity index is 1.58. The summed E-state index contributed by atoms with van der Waals surface area (Å²) in [5.41, 5.74) is -5.67. The smallest absolute Gasteiger partial charge is 0.338 e. The molecule has 1 aromatic carbocycles. The fourth-order valence-corrected chi connectivity index (χ4v) is 9.41. The van der Waals surface area contributed by atoms with E-state index in [1.54, 1.807) is 57.2 Å². The molecule has 0 amide bonds. The number of fused-ring (bicyclic) bond motifs is 3. The number of allylic oxidation sites excluding steroid dienone is 1. The average Bonchev–Trinajstić information content (AvgIpc) is 3.54. The van der Waals surface area contributed by atoms with Gasteiger partial charge in [0.05, 0.1) is 23.5 Å². The molecule has 1 spiro atoms. The number of rotatable bonds is 14. The molecule has 2 bridgehead atoms. The van der Waals surface area contributed by atoms with E-state index in [9.17, 15) is 29.7 Å². The zero-order valence-electron chi connectivity index (χ0n) is 31.1. The fraction of sp³-hybridized carbons (Fsp3) is 0.659. The van der Waals surface area contributed by atoms with E-state index in [0.717, 1.165) is 25.7 Å². The monoisotopic (exact) mass is 708 g/mol. The third kappa shape index (κ3) is 6.19. The SMILES string of the molecule is CCCCCCCC(=O)O[C@]12C[C@@H](C)[C@]34C=C(C)[C@H](OC(=O)C(C)C(C)C)[C@@]3(O)[C@H](O)C(CO)=C[C@H](C4=O)[C@@H]1[C@]2(C)COC(=O)c1ccccc1. The van der Waals surface area contributed by atoms with E-state index >= 15 is 4.79 Å². The maximum atomic E-state index is 15.2. The zero-order chi connectivity index (χ0) is 37.5. The molecule has 280 valence electrons. The molecular weight excluding hydrogens is 652 g/mol. The van der Waals surface area contributed by atoms with Gasteiger partial charge in [-0.25, -0.2) is 4.79 Å². The Kier molecular flexibility index (Phi) is 11.1. The lowest BCUT2D eigenvalue weighted by Gasteiger charge is -2.49. The highest BCUT2D eigenvalue weighted by atomic mass is 16.6. The molecule has 5 rings (SSSR count). The summed E-state index contributed by atoms with van der Waals surface area (Å²) in [5.74, 6) is -5.10. The van der Waals surface area contributed by atoms with Crippen molar-refractivity contribution in [3.05, 3.63) is 59.2 Å². The Morgan fingerprint density at radius 2 is 1.71 bits per heavy atom. The molecule has 2 fully saturated rings. The number of ketones is 1. The van der Waals surface area contributed by atoms with Gasteiger partial charge in [-0.15, -0.1) is 0 Å². The van der Waals surface area contributed by atoms with E-state index in [2.05, 4.69) is 6.92 Å². The van der Waals surface area contributed by atoms with Gasteiger partial charge in [0.25, 0.3) is 0 Å². The second kappa shape index (κ2) is 14.6. The minimum atomic E-state index is -2.36. The van der Waals surface area contributed by atoms with Gasteiger partial charge in [0.2, 0.25) is 0 Å². The molecule has 1 unspecified atom stereocenters. The molecule has 1 aromatic rings. The molecule has 10 atom stereocenters. The molecule has 4 aliphatic rings. The van der Waals surface area contributed by atoms with E-state index in [1.807, 2.05) is 20.8 Å². The zero-order valence-corrected chi connectivity index (χ0v) is 31.1. The third-order valence-corrected chi connectivity index (χ3v) is 12.7. The lowest BCUT2D eigenvalue weighted by Crippen LogP contribution is -2.66. The normalized spacial score (nSPS) is 35.7. The van der Waals surface area contributed by atoms with Crippen LogP contribution in [0.4, 0.5) is 0 Å². The first kappa shape index (κ1) is 38.9. The van der Waals surface area contributed by atoms with Gasteiger partial charge in [-0.2, -0.15) is 0 Å². The Labute approximate surface area is 301 Å². The lowest BCUT2D eigenvalue weighted by atomic mass is 9.58. The molecule has 0 heterocycles. The van der Waals surface area contributed by atoms with Gasteiger partial charge in [-0.05, 0) is 54.9 Å². The van der Waals surface area contributed by atoms with Crippen LogP contribution in [0.25, 0.3) is 0 Å². The van der Waals surface area contributed by atoms with Crippen LogP contribution in [0.5, 0.6) is 0 Å².